The number of amides is 2. The van der Waals surface area contributed by atoms with E-state index in [1.165, 1.54) is 17.2 Å². The first-order chi connectivity index (χ1) is 10.4. The minimum atomic E-state index is -0.362. The Morgan fingerprint density at radius 1 is 1.32 bits per heavy atom. The van der Waals surface area contributed by atoms with Crippen LogP contribution in [0, 0.1) is 18.3 Å². The van der Waals surface area contributed by atoms with E-state index in [1.54, 1.807) is 39.2 Å². The number of aromatic nitrogens is 1. The topological polar surface area (TPSA) is 89.0 Å². The van der Waals surface area contributed by atoms with Crippen molar-refractivity contribution in [2.45, 2.75) is 6.92 Å². The second-order valence-corrected chi connectivity index (χ2v) is 5.05. The molecule has 0 fully saturated rings. The monoisotopic (exact) mass is 296 g/mol. The molecule has 0 aliphatic heterocycles. The molecule has 0 atom stereocenters. The Kier molecular flexibility index (Phi) is 4.28. The molecule has 6 nitrogen and oxygen atoms in total. The Morgan fingerprint density at radius 2 is 2.05 bits per heavy atom. The maximum absolute atomic E-state index is 12.2. The van der Waals surface area contributed by atoms with Gasteiger partial charge in [0.15, 0.2) is 0 Å². The number of aromatic amines is 1. The lowest BCUT2D eigenvalue weighted by Gasteiger charge is -2.15. The van der Waals surface area contributed by atoms with Gasteiger partial charge in [0.25, 0.3) is 11.8 Å². The summed E-state index contributed by atoms with van der Waals surface area (Å²) in [5, 5.41) is 11.5. The molecule has 0 aliphatic carbocycles. The number of rotatable bonds is 3. The second kappa shape index (κ2) is 6.14. The first-order valence-corrected chi connectivity index (χ1v) is 6.65. The number of benzene rings is 1. The van der Waals surface area contributed by atoms with Gasteiger partial charge in [-0.2, -0.15) is 5.26 Å². The molecule has 1 aromatic carbocycles. The van der Waals surface area contributed by atoms with E-state index in [0.29, 0.717) is 28.1 Å². The van der Waals surface area contributed by atoms with Crippen LogP contribution in [0.4, 0.5) is 5.69 Å². The Morgan fingerprint density at radius 3 is 2.64 bits per heavy atom. The van der Waals surface area contributed by atoms with Crippen molar-refractivity contribution in [1.29, 1.82) is 5.26 Å². The van der Waals surface area contributed by atoms with Crippen LogP contribution in [0.3, 0.4) is 0 Å². The van der Waals surface area contributed by atoms with Crippen LogP contribution in [0.15, 0.2) is 30.5 Å². The Bertz CT molecular complexity index is 769. The molecule has 0 bridgehead atoms. The molecule has 0 unspecified atom stereocenters. The summed E-state index contributed by atoms with van der Waals surface area (Å²) >= 11 is 0. The van der Waals surface area contributed by atoms with Crippen LogP contribution < -0.4 is 5.32 Å². The second-order valence-electron chi connectivity index (χ2n) is 5.05. The maximum atomic E-state index is 12.2. The molecule has 1 heterocycles. The third-order valence-electron chi connectivity index (χ3n) is 3.28. The first-order valence-electron chi connectivity index (χ1n) is 6.65. The predicted molar refractivity (Wildman–Crippen MR) is 82.7 cm³/mol. The minimum absolute atomic E-state index is 0.125. The van der Waals surface area contributed by atoms with Crippen molar-refractivity contribution in [2.75, 3.05) is 19.4 Å². The van der Waals surface area contributed by atoms with Crippen LogP contribution in [0.2, 0.25) is 0 Å². The molecule has 0 saturated heterocycles. The molecule has 2 amide bonds. The van der Waals surface area contributed by atoms with E-state index >= 15 is 0 Å². The van der Waals surface area contributed by atoms with E-state index in [0.717, 1.165) is 0 Å². The fourth-order valence-electron chi connectivity index (χ4n) is 2.02. The summed E-state index contributed by atoms with van der Waals surface area (Å²) < 4.78 is 0. The lowest BCUT2D eigenvalue weighted by Crippen LogP contribution is -2.23. The quantitative estimate of drug-likeness (QED) is 0.909. The molecular formula is C16H16N4O2. The van der Waals surface area contributed by atoms with Gasteiger partial charge in [-0.1, -0.05) is 6.07 Å². The van der Waals surface area contributed by atoms with Crippen LogP contribution in [-0.4, -0.2) is 35.8 Å². The summed E-state index contributed by atoms with van der Waals surface area (Å²) in [7, 11) is 3.35. The van der Waals surface area contributed by atoms with Gasteiger partial charge in [0.2, 0.25) is 0 Å². The number of nitrogens with zero attached hydrogens (tertiary/aromatic N) is 2. The smallest absolute Gasteiger partial charge is 0.272 e. The van der Waals surface area contributed by atoms with Crippen molar-refractivity contribution in [3.8, 4) is 6.07 Å². The number of nitrogens with one attached hydrogen (secondary N) is 2. The molecule has 0 saturated carbocycles. The van der Waals surface area contributed by atoms with Gasteiger partial charge < -0.3 is 15.2 Å². The lowest BCUT2D eigenvalue weighted by molar-refractivity contribution is 0.0826. The summed E-state index contributed by atoms with van der Waals surface area (Å²) in [5.74, 6) is -0.487. The van der Waals surface area contributed by atoms with Gasteiger partial charge in [-0.25, -0.2) is 0 Å². The van der Waals surface area contributed by atoms with Gasteiger partial charge in [-0.05, 0) is 30.7 Å². The van der Waals surface area contributed by atoms with Gasteiger partial charge in [-0.3, -0.25) is 9.59 Å². The lowest BCUT2D eigenvalue weighted by atomic mass is 10.1. The highest BCUT2D eigenvalue weighted by molar-refractivity contribution is 6.05. The van der Waals surface area contributed by atoms with Crippen molar-refractivity contribution < 1.29 is 9.59 Å². The molecule has 22 heavy (non-hydrogen) atoms. The van der Waals surface area contributed by atoms with Crippen LogP contribution in [0.25, 0.3) is 0 Å². The number of nitriles is 1. The third-order valence-corrected chi connectivity index (χ3v) is 3.28. The Labute approximate surface area is 128 Å². The first kappa shape index (κ1) is 15.3. The van der Waals surface area contributed by atoms with Crippen molar-refractivity contribution in [2.24, 2.45) is 0 Å². The molecule has 0 aliphatic rings. The van der Waals surface area contributed by atoms with E-state index in [4.69, 9.17) is 5.26 Å². The SMILES string of the molecule is Cc1c(NC(=O)c2cc(C#N)c[nH]2)cccc1C(=O)N(C)C. The van der Waals surface area contributed by atoms with Crippen LogP contribution in [0.1, 0.15) is 32.0 Å². The number of carbonyl (C=O) groups excluding carboxylic acids is 2. The Balaban J connectivity index is 2.27. The molecule has 0 radical (unpaired) electrons. The molecule has 1 aromatic heterocycles. The zero-order valence-corrected chi connectivity index (χ0v) is 12.6. The van der Waals surface area contributed by atoms with Crippen LogP contribution in [-0.2, 0) is 0 Å². The summed E-state index contributed by atoms with van der Waals surface area (Å²) in [4.78, 5) is 28.5. The average molecular weight is 296 g/mol. The molecular weight excluding hydrogens is 280 g/mol. The minimum Gasteiger partial charge on any atom is -0.356 e. The highest BCUT2D eigenvalue weighted by atomic mass is 16.2. The molecule has 0 spiro atoms. The van der Waals surface area contributed by atoms with Gasteiger partial charge in [0.1, 0.15) is 11.8 Å². The zero-order valence-electron chi connectivity index (χ0n) is 12.6. The third kappa shape index (κ3) is 2.99. The number of anilines is 1. The number of H-pyrrole nitrogens is 1. The summed E-state index contributed by atoms with van der Waals surface area (Å²) in [6.45, 7) is 1.78. The van der Waals surface area contributed by atoms with Crippen LogP contribution in [0.5, 0.6) is 0 Å². The van der Waals surface area contributed by atoms with Crippen molar-refractivity contribution in [3.05, 3.63) is 52.8 Å². The number of hydrogen-bond donors (Lipinski definition) is 2. The molecule has 2 rings (SSSR count). The van der Waals surface area contributed by atoms with Gasteiger partial charge in [-0.15, -0.1) is 0 Å². The molecule has 112 valence electrons. The number of carbonyl (C=O) groups is 2. The van der Waals surface area contributed by atoms with Crippen molar-refractivity contribution >= 4 is 17.5 Å². The largest absolute Gasteiger partial charge is 0.356 e. The average Bonchev–Trinajstić information content (AvgIpc) is 2.97. The van der Waals surface area contributed by atoms with E-state index in [9.17, 15) is 9.59 Å². The van der Waals surface area contributed by atoms with Crippen molar-refractivity contribution in [3.63, 3.8) is 0 Å². The zero-order chi connectivity index (χ0) is 16.3. The van der Waals surface area contributed by atoms with Crippen molar-refractivity contribution in [1.82, 2.24) is 9.88 Å². The highest BCUT2D eigenvalue weighted by Crippen LogP contribution is 2.20. The normalized spacial score (nSPS) is 9.91. The Hall–Kier alpha value is -3.07. The fraction of sp³-hybridized carbons (Fsp3) is 0.188. The van der Waals surface area contributed by atoms with E-state index in [2.05, 4.69) is 10.3 Å². The number of hydrogen-bond acceptors (Lipinski definition) is 3. The highest BCUT2D eigenvalue weighted by Gasteiger charge is 2.15. The van der Waals surface area contributed by atoms with E-state index < -0.39 is 0 Å². The van der Waals surface area contributed by atoms with E-state index in [-0.39, 0.29) is 11.8 Å². The van der Waals surface area contributed by atoms with Gasteiger partial charge >= 0.3 is 0 Å². The van der Waals surface area contributed by atoms with Gasteiger partial charge in [0.05, 0.1) is 5.56 Å². The molecule has 6 heteroatoms. The van der Waals surface area contributed by atoms with Crippen LogP contribution >= 0.6 is 0 Å². The molecule has 2 N–H and O–H groups in total. The van der Waals surface area contributed by atoms with E-state index in [1.807, 2.05) is 6.07 Å². The molecule has 2 aromatic rings. The standard InChI is InChI=1S/C16H16N4O2/c1-10-12(16(22)20(2)3)5-4-6-13(10)19-15(21)14-7-11(8-17)9-18-14/h4-7,9,18H,1-3H3,(H,19,21). The fourth-order valence-corrected chi connectivity index (χ4v) is 2.02. The van der Waals surface area contributed by atoms with Gasteiger partial charge in [0, 0.05) is 31.5 Å². The predicted octanol–water partition coefficient (Wildman–Crippen LogP) is 2.15. The summed E-state index contributed by atoms with van der Waals surface area (Å²) in [5.41, 5.74) is 2.47. The summed E-state index contributed by atoms with van der Waals surface area (Å²) in [6, 6.07) is 8.59. The maximum Gasteiger partial charge on any atom is 0.272 e. The summed E-state index contributed by atoms with van der Waals surface area (Å²) in [6.07, 6.45) is 1.47.